The Hall–Kier alpha value is -1.92. The van der Waals surface area contributed by atoms with Gasteiger partial charge in [-0.25, -0.2) is 10.2 Å². The number of nitrogens with zero attached hydrogens (tertiary/aromatic N) is 2. The first-order valence-electron chi connectivity index (χ1n) is 8.99. The standard InChI is InChI=1S/C18H28N4O3/c1-16(2)11-6-8-18(16,5)12(10-11)20-21-13(23)7-9-22-14(24)17(3,4)19-15(22)25/h11H,6-10H2,1-5H3,(H,19,25)(H,21,23)/b20-12-/t11-,18+/m0/s1. The first-order valence-corrected chi connectivity index (χ1v) is 8.99. The van der Waals surface area contributed by atoms with E-state index in [4.69, 9.17) is 0 Å². The maximum Gasteiger partial charge on any atom is 0.325 e. The van der Waals surface area contributed by atoms with Crippen molar-refractivity contribution in [3.8, 4) is 0 Å². The molecule has 2 atom stereocenters. The zero-order chi connectivity index (χ0) is 18.6. The summed E-state index contributed by atoms with van der Waals surface area (Å²) in [4.78, 5) is 37.1. The Bertz CT molecular complexity index is 667. The van der Waals surface area contributed by atoms with Gasteiger partial charge >= 0.3 is 6.03 Å². The minimum absolute atomic E-state index is 0.0414. The topological polar surface area (TPSA) is 90.9 Å². The van der Waals surface area contributed by atoms with Crippen molar-refractivity contribution in [1.29, 1.82) is 0 Å². The predicted octanol–water partition coefficient (Wildman–Crippen LogP) is 2.03. The number of hydrogen-bond donors (Lipinski definition) is 2. The van der Waals surface area contributed by atoms with Crippen LogP contribution in [0.3, 0.4) is 0 Å². The first-order chi connectivity index (χ1) is 11.5. The molecular weight excluding hydrogens is 320 g/mol. The highest BCUT2D eigenvalue weighted by atomic mass is 16.2. The van der Waals surface area contributed by atoms with Crippen molar-refractivity contribution in [2.45, 2.75) is 65.8 Å². The number of imide groups is 1. The van der Waals surface area contributed by atoms with Crippen molar-refractivity contribution in [1.82, 2.24) is 15.6 Å². The monoisotopic (exact) mass is 348 g/mol. The van der Waals surface area contributed by atoms with E-state index in [1.54, 1.807) is 13.8 Å². The molecule has 0 spiro atoms. The van der Waals surface area contributed by atoms with Crippen molar-refractivity contribution in [2.24, 2.45) is 21.8 Å². The van der Waals surface area contributed by atoms with Crippen LogP contribution in [0.4, 0.5) is 4.79 Å². The summed E-state index contributed by atoms with van der Waals surface area (Å²) in [5.74, 6) is 0.0438. The van der Waals surface area contributed by atoms with Crippen LogP contribution < -0.4 is 10.7 Å². The molecule has 0 aromatic heterocycles. The molecule has 3 fully saturated rings. The summed E-state index contributed by atoms with van der Waals surface area (Å²) in [6.07, 6.45) is 3.32. The van der Waals surface area contributed by atoms with E-state index in [9.17, 15) is 14.4 Å². The Morgan fingerprint density at radius 3 is 2.44 bits per heavy atom. The third-order valence-electron chi connectivity index (χ3n) is 6.83. The largest absolute Gasteiger partial charge is 0.325 e. The summed E-state index contributed by atoms with van der Waals surface area (Å²) in [5.41, 5.74) is 3.04. The summed E-state index contributed by atoms with van der Waals surface area (Å²) in [5, 5.41) is 7.00. The van der Waals surface area contributed by atoms with Gasteiger partial charge in [0, 0.05) is 24.1 Å². The Labute approximate surface area is 148 Å². The minimum atomic E-state index is -0.906. The molecule has 7 nitrogen and oxygen atoms in total. The third-order valence-corrected chi connectivity index (χ3v) is 6.83. The van der Waals surface area contributed by atoms with E-state index in [0.717, 1.165) is 23.5 Å². The van der Waals surface area contributed by atoms with Crippen LogP contribution in [0.15, 0.2) is 5.10 Å². The van der Waals surface area contributed by atoms with Crippen LogP contribution in [0, 0.1) is 16.7 Å². The fraction of sp³-hybridized carbons (Fsp3) is 0.778. The fourth-order valence-electron chi connectivity index (χ4n) is 4.52. The smallest absolute Gasteiger partial charge is 0.324 e. The number of urea groups is 1. The van der Waals surface area contributed by atoms with Crippen LogP contribution >= 0.6 is 0 Å². The van der Waals surface area contributed by atoms with Crippen molar-refractivity contribution in [3.05, 3.63) is 0 Å². The van der Waals surface area contributed by atoms with Crippen molar-refractivity contribution in [3.63, 3.8) is 0 Å². The van der Waals surface area contributed by atoms with Crippen LogP contribution in [0.1, 0.15) is 60.3 Å². The van der Waals surface area contributed by atoms with Gasteiger partial charge in [0.1, 0.15) is 5.54 Å². The number of hydrazone groups is 1. The van der Waals surface area contributed by atoms with E-state index in [1.165, 1.54) is 6.42 Å². The van der Waals surface area contributed by atoms with Gasteiger partial charge in [0.15, 0.2) is 0 Å². The lowest BCUT2D eigenvalue weighted by molar-refractivity contribution is -0.130. The number of rotatable bonds is 4. The Balaban J connectivity index is 1.56. The molecule has 1 saturated heterocycles. The van der Waals surface area contributed by atoms with Gasteiger partial charge in [-0.05, 0) is 44.4 Å². The zero-order valence-electron chi connectivity index (χ0n) is 15.7. The minimum Gasteiger partial charge on any atom is -0.324 e. The lowest BCUT2D eigenvalue weighted by atomic mass is 9.70. The van der Waals surface area contributed by atoms with E-state index in [0.29, 0.717) is 5.92 Å². The highest BCUT2D eigenvalue weighted by molar-refractivity contribution is 6.06. The highest BCUT2D eigenvalue weighted by Gasteiger charge is 2.60. The third kappa shape index (κ3) is 2.64. The zero-order valence-corrected chi connectivity index (χ0v) is 15.7. The number of amides is 4. The second-order valence-corrected chi connectivity index (χ2v) is 8.85. The van der Waals surface area contributed by atoms with Crippen molar-refractivity contribution < 1.29 is 14.4 Å². The molecule has 7 heteroatoms. The maximum atomic E-state index is 12.1. The Kier molecular flexibility index (Phi) is 3.96. The summed E-state index contributed by atoms with van der Waals surface area (Å²) in [6, 6.07) is -0.448. The first kappa shape index (κ1) is 17.9. The molecule has 0 aromatic carbocycles. The lowest BCUT2D eigenvalue weighted by Gasteiger charge is -2.34. The summed E-state index contributed by atoms with van der Waals surface area (Å²) in [7, 11) is 0. The van der Waals surface area contributed by atoms with Gasteiger partial charge in [0.25, 0.3) is 5.91 Å². The van der Waals surface area contributed by atoms with E-state index in [-0.39, 0.29) is 35.6 Å². The molecule has 0 radical (unpaired) electrons. The van der Waals surface area contributed by atoms with Crippen LogP contribution in [-0.2, 0) is 9.59 Å². The molecule has 4 amide bonds. The summed E-state index contributed by atoms with van der Waals surface area (Å²) < 4.78 is 0. The molecule has 2 bridgehead atoms. The van der Waals surface area contributed by atoms with E-state index in [1.807, 2.05) is 0 Å². The predicted molar refractivity (Wildman–Crippen MR) is 93.7 cm³/mol. The quantitative estimate of drug-likeness (QED) is 0.601. The molecule has 2 N–H and O–H groups in total. The fourth-order valence-corrected chi connectivity index (χ4v) is 4.52. The van der Waals surface area contributed by atoms with E-state index in [2.05, 4.69) is 36.6 Å². The summed E-state index contributed by atoms with van der Waals surface area (Å²) >= 11 is 0. The molecule has 0 aromatic rings. The van der Waals surface area contributed by atoms with Gasteiger partial charge in [-0.15, -0.1) is 0 Å². The Morgan fingerprint density at radius 1 is 1.28 bits per heavy atom. The SMILES string of the molecule is CC1(C)NC(=O)N(CCC(=O)N/N=C2/C[C@@H]3CC[C@@]2(C)C3(C)C)C1=O. The van der Waals surface area contributed by atoms with Gasteiger partial charge in [0.05, 0.1) is 0 Å². The molecule has 1 aliphatic heterocycles. The summed E-state index contributed by atoms with van der Waals surface area (Å²) in [6.45, 7) is 10.2. The van der Waals surface area contributed by atoms with Crippen LogP contribution in [0.2, 0.25) is 0 Å². The van der Waals surface area contributed by atoms with E-state index >= 15 is 0 Å². The maximum absolute atomic E-state index is 12.1. The highest BCUT2D eigenvalue weighted by Crippen LogP contribution is 2.63. The van der Waals surface area contributed by atoms with Gasteiger partial charge < -0.3 is 5.32 Å². The molecule has 1 heterocycles. The molecular formula is C18H28N4O3. The second-order valence-electron chi connectivity index (χ2n) is 8.85. The van der Waals surface area contributed by atoms with Gasteiger partial charge in [0.2, 0.25) is 5.91 Å². The van der Waals surface area contributed by atoms with Gasteiger partial charge in [-0.2, -0.15) is 5.10 Å². The van der Waals surface area contributed by atoms with Gasteiger partial charge in [-0.3, -0.25) is 14.5 Å². The molecule has 3 rings (SSSR count). The van der Waals surface area contributed by atoms with Crippen molar-refractivity contribution >= 4 is 23.6 Å². The van der Waals surface area contributed by atoms with Crippen LogP contribution in [-0.4, -0.2) is 40.5 Å². The second kappa shape index (κ2) is 5.54. The van der Waals surface area contributed by atoms with Gasteiger partial charge in [-0.1, -0.05) is 20.8 Å². The van der Waals surface area contributed by atoms with Crippen LogP contribution in [0.25, 0.3) is 0 Å². The molecule has 2 saturated carbocycles. The number of carbonyl (C=O) groups excluding carboxylic acids is 3. The normalized spacial score (nSPS) is 33.9. The van der Waals surface area contributed by atoms with E-state index < -0.39 is 11.6 Å². The molecule has 138 valence electrons. The molecule has 25 heavy (non-hydrogen) atoms. The molecule has 0 unspecified atom stereocenters. The molecule has 3 aliphatic rings. The number of nitrogens with one attached hydrogen (secondary N) is 2. The number of hydrogen-bond acceptors (Lipinski definition) is 4. The number of carbonyl (C=O) groups is 3. The Morgan fingerprint density at radius 2 is 1.96 bits per heavy atom. The average Bonchev–Trinajstić information content (AvgIpc) is 2.94. The van der Waals surface area contributed by atoms with Crippen molar-refractivity contribution in [2.75, 3.05) is 6.54 Å². The average molecular weight is 348 g/mol. The number of fused-ring (bicyclic) bond motifs is 2. The molecule has 2 aliphatic carbocycles. The van der Waals surface area contributed by atoms with Crippen LogP contribution in [0.5, 0.6) is 0 Å². The lowest BCUT2D eigenvalue weighted by Crippen LogP contribution is -2.40.